The number of nitro benzene ring substituents is 1. The molecule has 0 bridgehead atoms. The number of imide groups is 1. The number of hydrogen-bond acceptors (Lipinski definition) is 7. The summed E-state index contributed by atoms with van der Waals surface area (Å²) >= 11 is 0. The Morgan fingerprint density at radius 2 is 1.82 bits per heavy atom. The number of phenols is 1. The average Bonchev–Trinajstić information content (AvgIpc) is 3.27. The number of aliphatic carboxylic acids is 1. The van der Waals surface area contributed by atoms with Gasteiger partial charge in [-0.1, -0.05) is 43.7 Å². The highest BCUT2D eigenvalue weighted by atomic mass is 16.6. The van der Waals surface area contributed by atoms with Crippen LogP contribution in [-0.4, -0.2) is 49.9 Å². The molecule has 0 saturated carbocycles. The lowest BCUT2D eigenvalue weighted by Gasteiger charge is -2.31. The Morgan fingerprint density at radius 3 is 2.41 bits per heavy atom. The number of non-ortho nitro benzene ring substituents is 1. The zero-order valence-corrected chi connectivity index (χ0v) is 18.5. The highest BCUT2D eigenvalue weighted by Crippen LogP contribution is 2.51. The van der Waals surface area contributed by atoms with Gasteiger partial charge in [-0.05, 0) is 18.1 Å². The first-order valence-corrected chi connectivity index (χ1v) is 11.1. The van der Waals surface area contributed by atoms with Crippen LogP contribution in [-0.2, 0) is 20.8 Å². The Labute approximate surface area is 195 Å². The molecule has 4 unspecified atom stereocenters. The number of rotatable bonds is 8. The van der Waals surface area contributed by atoms with Crippen molar-refractivity contribution < 1.29 is 29.5 Å². The Bertz CT molecular complexity index is 1150. The normalized spacial score (nSPS) is 26.0. The van der Waals surface area contributed by atoms with Crippen molar-refractivity contribution in [3.05, 3.63) is 69.8 Å². The summed E-state index contributed by atoms with van der Waals surface area (Å²) in [4.78, 5) is 51.2. The minimum absolute atomic E-state index is 0.109. The maximum absolute atomic E-state index is 13.5. The smallest absolute Gasteiger partial charge is 0.325 e. The highest BCUT2D eigenvalue weighted by molar-refractivity contribution is 6.09. The number of carboxylic acids is 1. The van der Waals surface area contributed by atoms with Gasteiger partial charge in [-0.2, -0.15) is 0 Å². The number of amides is 2. The Balaban J connectivity index is 1.81. The lowest BCUT2D eigenvalue weighted by Crippen LogP contribution is -2.57. The third kappa shape index (κ3) is 3.69. The van der Waals surface area contributed by atoms with Gasteiger partial charge in [0.15, 0.2) is 0 Å². The van der Waals surface area contributed by atoms with E-state index in [2.05, 4.69) is 5.32 Å². The molecule has 178 valence electrons. The summed E-state index contributed by atoms with van der Waals surface area (Å²) in [5.74, 6) is -4.64. The number of aromatic hydroxyl groups is 1. The fourth-order valence-electron chi connectivity index (χ4n) is 5.11. The largest absolute Gasteiger partial charge is 0.508 e. The summed E-state index contributed by atoms with van der Waals surface area (Å²) in [6, 6.07) is 10.9. The second-order valence-corrected chi connectivity index (χ2v) is 8.74. The highest BCUT2D eigenvalue weighted by Gasteiger charge is 2.68. The predicted molar refractivity (Wildman–Crippen MR) is 120 cm³/mol. The zero-order chi connectivity index (χ0) is 24.6. The van der Waals surface area contributed by atoms with Crippen molar-refractivity contribution in [2.45, 2.75) is 37.8 Å². The van der Waals surface area contributed by atoms with Crippen LogP contribution in [0, 0.1) is 22.0 Å². The molecular weight excluding hydrogens is 442 g/mol. The van der Waals surface area contributed by atoms with E-state index in [-0.39, 0.29) is 24.4 Å². The number of hydrogen-bond donors (Lipinski definition) is 3. The first kappa shape index (κ1) is 23.4. The van der Waals surface area contributed by atoms with Crippen LogP contribution in [0.25, 0.3) is 0 Å². The maximum Gasteiger partial charge on any atom is 0.325 e. The molecule has 0 spiro atoms. The molecule has 10 nitrogen and oxygen atoms in total. The van der Waals surface area contributed by atoms with Crippen LogP contribution in [0.3, 0.4) is 0 Å². The number of carboxylic acid groups (broad SMARTS) is 1. The van der Waals surface area contributed by atoms with Gasteiger partial charge in [-0.3, -0.25) is 34.7 Å². The van der Waals surface area contributed by atoms with Gasteiger partial charge in [-0.25, -0.2) is 0 Å². The molecule has 10 heteroatoms. The van der Waals surface area contributed by atoms with E-state index in [4.69, 9.17) is 0 Å². The minimum atomic E-state index is -1.85. The molecule has 0 radical (unpaired) electrons. The number of nitro groups is 1. The van der Waals surface area contributed by atoms with Gasteiger partial charge in [0.05, 0.1) is 16.8 Å². The summed E-state index contributed by atoms with van der Waals surface area (Å²) < 4.78 is 0. The van der Waals surface area contributed by atoms with Crippen LogP contribution in [0.5, 0.6) is 5.75 Å². The number of nitrogens with one attached hydrogen (secondary N) is 1. The average molecular weight is 467 g/mol. The molecule has 2 amide bonds. The standard InChI is InChI=1S/C24H25N3O7/c1-2-3-12-26-21(29)18-19(22(26)30)24(23(31)32,13-14-8-10-15(11-9-14)27(33)34)25-20(18)16-6-4-5-7-17(16)28/h4-11,18-20,25,28H,2-3,12-13H2,1H3,(H,31,32). The number of phenolic OH excluding ortho intramolecular Hbond substituents is 1. The molecule has 0 aromatic heterocycles. The third-order valence-corrected chi connectivity index (χ3v) is 6.76. The van der Waals surface area contributed by atoms with E-state index >= 15 is 0 Å². The Morgan fingerprint density at radius 1 is 1.15 bits per heavy atom. The molecule has 4 rings (SSSR count). The lowest BCUT2D eigenvalue weighted by molar-refractivity contribution is -0.384. The molecule has 4 atom stereocenters. The van der Waals surface area contributed by atoms with Crippen LogP contribution in [0.15, 0.2) is 48.5 Å². The topological polar surface area (TPSA) is 150 Å². The number of unbranched alkanes of at least 4 members (excludes halogenated alkanes) is 1. The monoisotopic (exact) mass is 467 g/mol. The molecule has 2 aliphatic rings. The lowest BCUT2D eigenvalue weighted by atomic mass is 9.76. The van der Waals surface area contributed by atoms with Gasteiger partial charge in [0.25, 0.3) is 5.69 Å². The fourth-order valence-corrected chi connectivity index (χ4v) is 5.11. The number of carbonyl (C=O) groups excluding carboxylic acids is 2. The van der Waals surface area contributed by atoms with Crippen molar-refractivity contribution in [1.29, 1.82) is 0 Å². The molecule has 2 aromatic rings. The van der Waals surface area contributed by atoms with E-state index in [1.54, 1.807) is 18.2 Å². The summed E-state index contributed by atoms with van der Waals surface area (Å²) in [5.41, 5.74) is -1.19. The second kappa shape index (κ2) is 8.86. The van der Waals surface area contributed by atoms with E-state index in [1.165, 1.54) is 30.3 Å². The molecule has 2 saturated heterocycles. The first-order valence-electron chi connectivity index (χ1n) is 11.1. The van der Waals surface area contributed by atoms with Crippen molar-refractivity contribution in [3.63, 3.8) is 0 Å². The molecular formula is C24H25N3O7. The molecule has 2 aliphatic heterocycles. The molecule has 0 aliphatic carbocycles. The second-order valence-electron chi connectivity index (χ2n) is 8.74. The molecule has 2 heterocycles. The summed E-state index contributed by atoms with van der Waals surface area (Å²) in [6.07, 6.45) is 1.17. The Kier molecular flexibility index (Phi) is 6.09. The van der Waals surface area contributed by atoms with Gasteiger partial charge in [0.1, 0.15) is 11.3 Å². The molecule has 2 fully saturated rings. The number of fused-ring (bicyclic) bond motifs is 1. The van der Waals surface area contributed by atoms with Crippen LogP contribution >= 0.6 is 0 Å². The van der Waals surface area contributed by atoms with Gasteiger partial charge >= 0.3 is 5.97 Å². The van der Waals surface area contributed by atoms with Gasteiger partial charge in [-0.15, -0.1) is 0 Å². The van der Waals surface area contributed by atoms with E-state index < -0.39 is 46.1 Å². The van der Waals surface area contributed by atoms with E-state index in [1.807, 2.05) is 6.92 Å². The van der Waals surface area contributed by atoms with E-state index in [9.17, 15) is 34.7 Å². The number of para-hydroxylation sites is 1. The van der Waals surface area contributed by atoms with Crippen molar-refractivity contribution in [1.82, 2.24) is 10.2 Å². The van der Waals surface area contributed by atoms with Crippen molar-refractivity contribution in [2.75, 3.05) is 6.54 Å². The number of benzene rings is 2. The predicted octanol–water partition coefficient (Wildman–Crippen LogP) is 2.41. The van der Waals surface area contributed by atoms with Crippen molar-refractivity contribution >= 4 is 23.5 Å². The fraction of sp³-hybridized carbons (Fsp3) is 0.375. The molecule has 34 heavy (non-hydrogen) atoms. The quantitative estimate of drug-likeness (QED) is 0.304. The van der Waals surface area contributed by atoms with Gasteiger partial charge in [0.2, 0.25) is 11.8 Å². The number of likely N-dealkylation sites (tertiary alicyclic amines) is 1. The Hall–Kier alpha value is -3.79. The van der Waals surface area contributed by atoms with Gasteiger partial charge in [0, 0.05) is 36.7 Å². The number of carbonyl (C=O) groups is 3. The van der Waals surface area contributed by atoms with Crippen LogP contribution in [0.4, 0.5) is 5.69 Å². The van der Waals surface area contributed by atoms with E-state index in [0.717, 1.165) is 11.3 Å². The van der Waals surface area contributed by atoms with Gasteiger partial charge < -0.3 is 10.2 Å². The maximum atomic E-state index is 13.5. The van der Waals surface area contributed by atoms with E-state index in [0.29, 0.717) is 17.5 Å². The summed E-state index contributed by atoms with van der Waals surface area (Å²) in [6.45, 7) is 2.12. The summed E-state index contributed by atoms with van der Waals surface area (Å²) in [5, 5.41) is 34.9. The van der Waals surface area contributed by atoms with Crippen LogP contribution in [0.2, 0.25) is 0 Å². The zero-order valence-electron chi connectivity index (χ0n) is 18.5. The first-order chi connectivity index (χ1) is 16.2. The molecule has 2 aromatic carbocycles. The summed E-state index contributed by atoms with van der Waals surface area (Å²) in [7, 11) is 0. The minimum Gasteiger partial charge on any atom is -0.508 e. The number of nitrogens with zero attached hydrogens (tertiary/aromatic N) is 2. The van der Waals surface area contributed by atoms with Crippen LogP contribution < -0.4 is 5.32 Å². The molecule has 3 N–H and O–H groups in total. The third-order valence-electron chi connectivity index (χ3n) is 6.76. The van der Waals surface area contributed by atoms with Crippen LogP contribution in [0.1, 0.15) is 36.9 Å². The van der Waals surface area contributed by atoms with Crippen molar-refractivity contribution in [3.8, 4) is 5.75 Å². The SMILES string of the molecule is CCCCN1C(=O)C2C(c3ccccc3O)NC(Cc3ccc([N+](=O)[O-])cc3)(C(=O)O)C2C1=O. The van der Waals surface area contributed by atoms with Crippen molar-refractivity contribution in [2.24, 2.45) is 11.8 Å².